The highest BCUT2D eigenvalue weighted by atomic mass is 16.5. The van der Waals surface area contributed by atoms with Gasteiger partial charge in [0.25, 0.3) is 0 Å². The molecule has 0 spiro atoms. The number of phenolic OH excluding ortho intramolecular Hbond substituents is 1. The Balaban J connectivity index is 0.00000132. The lowest BCUT2D eigenvalue weighted by Crippen LogP contribution is -1.93. The van der Waals surface area contributed by atoms with Crippen LogP contribution in [0.15, 0.2) is 84.9 Å². The molecular weight excluding hydrogens is 386 g/mol. The van der Waals surface area contributed by atoms with Crippen molar-refractivity contribution in [3.8, 4) is 50.9 Å². The van der Waals surface area contributed by atoms with Gasteiger partial charge in [0.05, 0.1) is 25.6 Å². The summed E-state index contributed by atoms with van der Waals surface area (Å²) in [6, 6.07) is 27.0. The quantitative estimate of drug-likeness (QED) is 0.389. The highest BCUT2D eigenvalue weighted by molar-refractivity contribution is 5.83. The van der Waals surface area contributed by atoms with Crippen LogP contribution in [0.1, 0.15) is 13.8 Å². The van der Waals surface area contributed by atoms with E-state index in [0.717, 1.165) is 45.1 Å². The fraction of sp³-hybridized carbons (Fsp3) is 0.148. The van der Waals surface area contributed by atoms with E-state index >= 15 is 0 Å². The molecule has 0 unspecified atom stereocenters. The third kappa shape index (κ3) is 5.04. The van der Waals surface area contributed by atoms with E-state index in [1.165, 1.54) is 0 Å². The van der Waals surface area contributed by atoms with Crippen molar-refractivity contribution in [2.45, 2.75) is 13.8 Å². The highest BCUT2D eigenvalue weighted by Gasteiger charge is 2.12. The standard InChI is InChI=1S/C25H21NO3.C2H6/c1-28-21-11-5-17(6-12-21)23-15-16-24(18-7-13-22(29-2)14-8-18)26-25(23)19-3-9-20(27)10-4-19;1-2/h3-16,27H,1-2H3;1-2H3. The smallest absolute Gasteiger partial charge is 0.118 e. The predicted molar refractivity (Wildman–Crippen MR) is 127 cm³/mol. The van der Waals surface area contributed by atoms with Gasteiger partial charge >= 0.3 is 0 Å². The average Bonchev–Trinajstić information content (AvgIpc) is 2.85. The Hall–Kier alpha value is -3.79. The molecule has 1 heterocycles. The Morgan fingerprint density at radius 1 is 0.581 bits per heavy atom. The summed E-state index contributed by atoms with van der Waals surface area (Å²) in [7, 11) is 3.31. The van der Waals surface area contributed by atoms with Gasteiger partial charge in [0.1, 0.15) is 17.2 Å². The van der Waals surface area contributed by atoms with Gasteiger partial charge in [-0.05, 0) is 72.3 Å². The summed E-state index contributed by atoms with van der Waals surface area (Å²) in [5, 5.41) is 9.68. The minimum Gasteiger partial charge on any atom is -0.508 e. The fourth-order valence-corrected chi connectivity index (χ4v) is 3.22. The number of hydrogen-bond acceptors (Lipinski definition) is 4. The summed E-state index contributed by atoms with van der Waals surface area (Å²) in [5.74, 6) is 1.84. The summed E-state index contributed by atoms with van der Waals surface area (Å²) in [6.07, 6.45) is 0. The lowest BCUT2D eigenvalue weighted by Gasteiger charge is -2.13. The largest absolute Gasteiger partial charge is 0.508 e. The van der Waals surface area contributed by atoms with Crippen LogP contribution in [0.3, 0.4) is 0 Å². The molecule has 4 heteroatoms. The van der Waals surface area contributed by atoms with Gasteiger partial charge in [-0.15, -0.1) is 0 Å². The molecule has 4 rings (SSSR count). The van der Waals surface area contributed by atoms with Crippen LogP contribution in [0.4, 0.5) is 0 Å². The van der Waals surface area contributed by atoms with Crippen molar-refractivity contribution in [1.82, 2.24) is 4.98 Å². The maximum atomic E-state index is 9.68. The number of phenols is 1. The first-order valence-corrected chi connectivity index (χ1v) is 10.3. The summed E-state index contributed by atoms with van der Waals surface area (Å²) < 4.78 is 10.5. The van der Waals surface area contributed by atoms with Crippen molar-refractivity contribution in [2.75, 3.05) is 14.2 Å². The molecule has 158 valence electrons. The molecule has 0 radical (unpaired) electrons. The first kappa shape index (κ1) is 21.9. The van der Waals surface area contributed by atoms with Crippen molar-refractivity contribution in [2.24, 2.45) is 0 Å². The molecule has 4 nitrogen and oxygen atoms in total. The van der Waals surface area contributed by atoms with Crippen molar-refractivity contribution in [3.05, 3.63) is 84.9 Å². The second kappa shape index (κ2) is 10.3. The van der Waals surface area contributed by atoms with Crippen LogP contribution in [0, 0.1) is 0 Å². The second-order valence-electron chi connectivity index (χ2n) is 6.60. The maximum absolute atomic E-state index is 9.68. The van der Waals surface area contributed by atoms with Crippen LogP contribution in [0.25, 0.3) is 33.6 Å². The molecule has 0 bridgehead atoms. The van der Waals surface area contributed by atoms with Crippen LogP contribution in [-0.2, 0) is 0 Å². The van der Waals surface area contributed by atoms with Crippen molar-refractivity contribution in [3.63, 3.8) is 0 Å². The van der Waals surface area contributed by atoms with Gasteiger partial charge < -0.3 is 14.6 Å². The third-order valence-corrected chi connectivity index (χ3v) is 4.82. The Bertz CT molecular complexity index is 1100. The number of methoxy groups -OCH3 is 2. The summed E-state index contributed by atoms with van der Waals surface area (Å²) in [6.45, 7) is 4.00. The van der Waals surface area contributed by atoms with E-state index in [1.54, 1.807) is 26.4 Å². The van der Waals surface area contributed by atoms with Gasteiger partial charge in [-0.2, -0.15) is 0 Å². The number of benzene rings is 3. The summed E-state index contributed by atoms with van der Waals surface area (Å²) >= 11 is 0. The number of aromatic hydroxyl groups is 1. The van der Waals surface area contributed by atoms with Gasteiger partial charge in [-0.1, -0.05) is 32.0 Å². The summed E-state index contributed by atoms with van der Waals surface area (Å²) in [4.78, 5) is 4.96. The Labute approximate surface area is 183 Å². The van der Waals surface area contributed by atoms with E-state index in [1.807, 2.05) is 80.6 Å². The van der Waals surface area contributed by atoms with Crippen molar-refractivity contribution < 1.29 is 14.6 Å². The molecular formula is C27H27NO3. The molecule has 4 aromatic rings. The topological polar surface area (TPSA) is 51.6 Å². The maximum Gasteiger partial charge on any atom is 0.118 e. The summed E-state index contributed by atoms with van der Waals surface area (Å²) in [5.41, 5.74) is 5.71. The molecule has 0 aliphatic rings. The number of nitrogens with zero attached hydrogens (tertiary/aromatic N) is 1. The van der Waals surface area contributed by atoms with E-state index in [4.69, 9.17) is 14.5 Å². The van der Waals surface area contributed by atoms with Crippen LogP contribution >= 0.6 is 0 Å². The lowest BCUT2D eigenvalue weighted by atomic mass is 9.97. The predicted octanol–water partition coefficient (Wildman–Crippen LogP) is 6.83. The Morgan fingerprint density at radius 2 is 1.06 bits per heavy atom. The zero-order chi connectivity index (χ0) is 22.2. The fourth-order valence-electron chi connectivity index (χ4n) is 3.22. The van der Waals surface area contributed by atoms with Crippen LogP contribution in [0.5, 0.6) is 17.2 Å². The number of aromatic nitrogens is 1. The van der Waals surface area contributed by atoms with E-state index in [-0.39, 0.29) is 5.75 Å². The van der Waals surface area contributed by atoms with E-state index in [0.29, 0.717) is 0 Å². The lowest BCUT2D eigenvalue weighted by molar-refractivity contribution is 0.415. The monoisotopic (exact) mass is 413 g/mol. The SMILES string of the molecule is CC.COc1ccc(-c2ccc(-c3ccc(OC)cc3)c(-c3ccc(O)cc3)n2)cc1. The van der Waals surface area contributed by atoms with E-state index < -0.39 is 0 Å². The first-order valence-electron chi connectivity index (χ1n) is 10.3. The average molecular weight is 414 g/mol. The number of ether oxygens (including phenoxy) is 2. The van der Waals surface area contributed by atoms with E-state index in [9.17, 15) is 5.11 Å². The molecule has 1 N–H and O–H groups in total. The zero-order valence-electron chi connectivity index (χ0n) is 18.3. The van der Waals surface area contributed by atoms with Crippen LogP contribution < -0.4 is 9.47 Å². The van der Waals surface area contributed by atoms with Crippen LogP contribution in [0.2, 0.25) is 0 Å². The van der Waals surface area contributed by atoms with Gasteiger partial charge in [0.2, 0.25) is 0 Å². The number of hydrogen-bond donors (Lipinski definition) is 1. The molecule has 0 atom stereocenters. The first-order chi connectivity index (χ1) is 15.2. The van der Waals surface area contributed by atoms with Gasteiger partial charge in [-0.25, -0.2) is 4.98 Å². The van der Waals surface area contributed by atoms with Gasteiger partial charge in [0.15, 0.2) is 0 Å². The van der Waals surface area contributed by atoms with Crippen molar-refractivity contribution in [1.29, 1.82) is 0 Å². The second-order valence-corrected chi connectivity index (χ2v) is 6.60. The zero-order valence-corrected chi connectivity index (χ0v) is 18.3. The Kier molecular flexibility index (Phi) is 7.28. The minimum atomic E-state index is 0.228. The molecule has 0 amide bonds. The number of rotatable bonds is 5. The van der Waals surface area contributed by atoms with Crippen molar-refractivity contribution >= 4 is 0 Å². The number of pyridine rings is 1. The molecule has 0 aliphatic carbocycles. The third-order valence-electron chi connectivity index (χ3n) is 4.82. The highest BCUT2D eigenvalue weighted by Crippen LogP contribution is 2.34. The van der Waals surface area contributed by atoms with E-state index in [2.05, 4.69) is 6.07 Å². The molecule has 0 saturated carbocycles. The molecule has 3 aromatic carbocycles. The molecule has 0 fully saturated rings. The molecule has 31 heavy (non-hydrogen) atoms. The Morgan fingerprint density at radius 3 is 1.58 bits per heavy atom. The van der Waals surface area contributed by atoms with Gasteiger partial charge in [0, 0.05) is 16.7 Å². The van der Waals surface area contributed by atoms with Crippen LogP contribution in [-0.4, -0.2) is 24.3 Å². The van der Waals surface area contributed by atoms with Gasteiger partial charge in [-0.3, -0.25) is 0 Å². The normalized spacial score (nSPS) is 10.1. The molecule has 1 aromatic heterocycles. The molecule has 0 aliphatic heterocycles. The minimum absolute atomic E-state index is 0.228. The molecule has 0 saturated heterocycles.